The summed E-state index contributed by atoms with van der Waals surface area (Å²) >= 11 is 0. The van der Waals surface area contributed by atoms with Gasteiger partial charge in [0.2, 0.25) is 0 Å². The van der Waals surface area contributed by atoms with Crippen molar-refractivity contribution < 1.29 is 4.74 Å². The number of hydrogen-bond acceptors (Lipinski definition) is 7. The Hall–Kier alpha value is -2.77. The van der Waals surface area contributed by atoms with Gasteiger partial charge in [-0.3, -0.25) is 9.99 Å². The van der Waals surface area contributed by atoms with Crippen LogP contribution in [0.1, 0.15) is 11.1 Å². The highest BCUT2D eigenvalue weighted by Crippen LogP contribution is 2.23. The predicted octanol–water partition coefficient (Wildman–Crippen LogP) is 1.45. The highest BCUT2D eigenvalue weighted by Gasteiger charge is 2.13. The normalized spacial score (nSPS) is 15.3. The molecule has 1 aliphatic rings. The maximum atomic E-state index is 6.24. The van der Waals surface area contributed by atoms with E-state index in [1.54, 1.807) is 12.4 Å². The fourth-order valence-corrected chi connectivity index (χ4v) is 2.78. The smallest absolute Gasteiger partial charge is 0.0642 e. The van der Waals surface area contributed by atoms with Crippen LogP contribution in [-0.4, -0.2) is 31.3 Å². The molecule has 0 aliphatic carbocycles. The quantitative estimate of drug-likeness (QED) is 0.439. The van der Waals surface area contributed by atoms with Crippen molar-refractivity contribution in [1.82, 2.24) is 4.98 Å². The van der Waals surface area contributed by atoms with E-state index >= 15 is 0 Å². The van der Waals surface area contributed by atoms with Crippen LogP contribution in [-0.2, 0) is 4.74 Å². The first-order valence-corrected chi connectivity index (χ1v) is 8.20. The average Bonchev–Trinajstić information content (AvgIpc) is 2.64. The van der Waals surface area contributed by atoms with Crippen molar-refractivity contribution in [3.63, 3.8) is 0 Å². The largest absolute Gasteiger partial charge is 0.399 e. The summed E-state index contributed by atoms with van der Waals surface area (Å²) in [5, 5.41) is 1.49. The molecule has 1 fully saturated rings. The van der Waals surface area contributed by atoms with Crippen LogP contribution < -0.4 is 27.2 Å². The van der Waals surface area contributed by atoms with Gasteiger partial charge in [-0.05, 0) is 30.7 Å². The average molecular weight is 340 g/mol. The molecule has 0 saturated carbocycles. The van der Waals surface area contributed by atoms with E-state index in [1.165, 1.54) is 5.01 Å². The number of nitrogens with zero attached hydrogens (tertiary/aromatic N) is 3. The van der Waals surface area contributed by atoms with Gasteiger partial charge in [0.15, 0.2) is 0 Å². The molecule has 0 radical (unpaired) electrons. The lowest BCUT2D eigenvalue weighted by Gasteiger charge is -2.28. The molecule has 0 unspecified atom stereocenters. The van der Waals surface area contributed by atoms with Crippen molar-refractivity contribution in [2.75, 3.05) is 41.9 Å². The van der Waals surface area contributed by atoms with Crippen molar-refractivity contribution in [3.8, 4) is 0 Å². The number of aromatic nitrogens is 1. The molecule has 0 atom stereocenters. The fraction of sp³-hybridized carbons (Fsp3) is 0.278. The van der Waals surface area contributed by atoms with Crippen molar-refractivity contribution >= 4 is 22.8 Å². The van der Waals surface area contributed by atoms with E-state index in [-0.39, 0.29) is 0 Å². The Kier molecular flexibility index (Phi) is 5.06. The molecule has 25 heavy (non-hydrogen) atoms. The van der Waals surface area contributed by atoms with Gasteiger partial charge >= 0.3 is 0 Å². The number of nitrogens with two attached hydrogens (primary N) is 3. The first kappa shape index (κ1) is 17.1. The third-order valence-electron chi connectivity index (χ3n) is 4.22. The molecule has 2 heterocycles. The van der Waals surface area contributed by atoms with Crippen LogP contribution in [0, 0.1) is 6.92 Å². The highest BCUT2D eigenvalue weighted by molar-refractivity contribution is 5.70. The van der Waals surface area contributed by atoms with Crippen LogP contribution >= 0.6 is 0 Å². The predicted molar refractivity (Wildman–Crippen MR) is 102 cm³/mol. The molecule has 3 rings (SSSR count). The molecule has 0 amide bonds. The van der Waals surface area contributed by atoms with Gasteiger partial charge in [-0.2, -0.15) is 0 Å². The molecule has 7 nitrogen and oxygen atoms in total. The SMILES string of the molecule is Cc1ccc(N)cc1N(N)/C=C(\N)c1cncc(N2CCOCC2)c1. The molecule has 1 aliphatic heterocycles. The number of hydrogen-bond donors (Lipinski definition) is 3. The summed E-state index contributed by atoms with van der Waals surface area (Å²) in [6.07, 6.45) is 5.25. The molecule has 0 spiro atoms. The highest BCUT2D eigenvalue weighted by atomic mass is 16.5. The van der Waals surface area contributed by atoms with E-state index in [2.05, 4.69) is 9.88 Å². The third kappa shape index (κ3) is 4.01. The van der Waals surface area contributed by atoms with Crippen LogP contribution in [0.4, 0.5) is 17.1 Å². The molecule has 1 aromatic heterocycles. The molecule has 2 aromatic rings. The van der Waals surface area contributed by atoms with E-state index < -0.39 is 0 Å². The Morgan fingerprint density at radius 2 is 2.00 bits per heavy atom. The van der Waals surface area contributed by atoms with Gasteiger partial charge in [0.25, 0.3) is 0 Å². The van der Waals surface area contributed by atoms with Crippen molar-refractivity contribution in [3.05, 3.63) is 54.0 Å². The minimum Gasteiger partial charge on any atom is -0.399 e. The number of benzene rings is 1. The third-order valence-corrected chi connectivity index (χ3v) is 4.22. The Morgan fingerprint density at radius 3 is 2.76 bits per heavy atom. The molecule has 1 saturated heterocycles. The van der Waals surface area contributed by atoms with Gasteiger partial charge in [0.05, 0.1) is 36.5 Å². The summed E-state index contributed by atoms with van der Waals surface area (Å²) in [5.41, 5.74) is 17.0. The first-order valence-electron chi connectivity index (χ1n) is 8.20. The monoisotopic (exact) mass is 340 g/mol. The van der Waals surface area contributed by atoms with Gasteiger partial charge in [-0.25, -0.2) is 5.84 Å². The van der Waals surface area contributed by atoms with Crippen LogP contribution in [0.25, 0.3) is 5.70 Å². The minimum absolute atomic E-state index is 0.534. The Balaban J connectivity index is 1.83. The van der Waals surface area contributed by atoms with Gasteiger partial charge in [0, 0.05) is 36.7 Å². The van der Waals surface area contributed by atoms with Crippen LogP contribution in [0.3, 0.4) is 0 Å². The number of hydrazine groups is 1. The van der Waals surface area contributed by atoms with Crippen LogP contribution in [0.5, 0.6) is 0 Å². The van der Waals surface area contributed by atoms with Crippen LogP contribution in [0.2, 0.25) is 0 Å². The molecule has 0 bridgehead atoms. The number of anilines is 3. The summed E-state index contributed by atoms with van der Waals surface area (Å²) in [6, 6.07) is 7.61. The summed E-state index contributed by atoms with van der Waals surface area (Å²) < 4.78 is 5.39. The number of nitrogen functional groups attached to an aromatic ring is 1. The van der Waals surface area contributed by atoms with Gasteiger partial charge in [-0.1, -0.05) is 6.07 Å². The van der Waals surface area contributed by atoms with Crippen LogP contribution in [0.15, 0.2) is 42.9 Å². The second-order valence-corrected chi connectivity index (χ2v) is 6.07. The summed E-state index contributed by atoms with van der Waals surface area (Å²) in [6.45, 7) is 5.11. The fourth-order valence-electron chi connectivity index (χ4n) is 2.78. The maximum Gasteiger partial charge on any atom is 0.0642 e. The zero-order chi connectivity index (χ0) is 17.8. The molecule has 6 N–H and O–H groups in total. The second-order valence-electron chi connectivity index (χ2n) is 6.07. The number of pyridine rings is 1. The number of rotatable bonds is 4. The van der Waals surface area contributed by atoms with Gasteiger partial charge in [-0.15, -0.1) is 0 Å². The van der Waals surface area contributed by atoms with Gasteiger partial charge in [0.1, 0.15) is 0 Å². The standard InChI is InChI=1S/C18H24N6O/c1-13-2-3-15(19)9-18(13)24(21)12-17(20)14-8-16(11-22-10-14)23-4-6-25-7-5-23/h2-3,8-12H,4-7,19-21H2,1H3/b17-12-. The lowest BCUT2D eigenvalue weighted by molar-refractivity contribution is 0.122. The topological polar surface area (TPSA) is 107 Å². The lowest BCUT2D eigenvalue weighted by Crippen LogP contribution is -2.36. The summed E-state index contributed by atoms with van der Waals surface area (Å²) in [5.74, 6) is 6.16. The first-order chi connectivity index (χ1) is 12.0. The summed E-state index contributed by atoms with van der Waals surface area (Å²) in [4.78, 5) is 6.54. The van der Waals surface area contributed by atoms with Crippen molar-refractivity contribution in [2.45, 2.75) is 6.92 Å². The Morgan fingerprint density at radius 1 is 1.24 bits per heavy atom. The van der Waals surface area contributed by atoms with Crippen molar-refractivity contribution in [2.24, 2.45) is 11.6 Å². The number of aryl methyl sites for hydroxylation is 1. The zero-order valence-corrected chi connectivity index (χ0v) is 14.4. The summed E-state index contributed by atoms with van der Waals surface area (Å²) in [7, 11) is 0. The van der Waals surface area contributed by atoms with E-state index in [0.29, 0.717) is 11.4 Å². The number of morpholine rings is 1. The van der Waals surface area contributed by atoms with Crippen molar-refractivity contribution in [1.29, 1.82) is 0 Å². The zero-order valence-electron chi connectivity index (χ0n) is 14.4. The van der Waals surface area contributed by atoms with E-state index in [0.717, 1.165) is 48.8 Å². The molecule has 7 heteroatoms. The van der Waals surface area contributed by atoms with E-state index in [1.807, 2.05) is 37.4 Å². The molecule has 1 aromatic carbocycles. The second kappa shape index (κ2) is 7.42. The molecular weight excluding hydrogens is 316 g/mol. The van der Waals surface area contributed by atoms with E-state index in [4.69, 9.17) is 22.0 Å². The minimum atomic E-state index is 0.534. The van der Waals surface area contributed by atoms with Gasteiger partial charge < -0.3 is 21.1 Å². The van der Waals surface area contributed by atoms with E-state index in [9.17, 15) is 0 Å². The molecular formula is C18H24N6O. The lowest BCUT2D eigenvalue weighted by atomic mass is 10.1. The maximum absolute atomic E-state index is 6.24. The molecule has 132 valence electrons. The number of ether oxygens (including phenoxy) is 1. The Labute approximate surface area is 147 Å². The Bertz CT molecular complexity index is 770.